The number of hydrogen-bond donors (Lipinski definition) is 1. The van der Waals surface area contributed by atoms with Crippen LogP contribution in [0.2, 0.25) is 0 Å². The Bertz CT molecular complexity index is 480. The van der Waals surface area contributed by atoms with Crippen LogP contribution in [0.4, 0.5) is 0 Å². The second-order valence-electron chi connectivity index (χ2n) is 3.84. The normalized spacial score (nSPS) is 19.6. The van der Waals surface area contributed by atoms with Gasteiger partial charge in [-0.1, -0.05) is 6.07 Å². The molecule has 0 radical (unpaired) electrons. The van der Waals surface area contributed by atoms with Crippen LogP contribution in [0, 0.1) is 0 Å². The van der Waals surface area contributed by atoms with Crippen LogP contribution < -0.4 is 5.73 Å². The van der Waals surface area contributed by atoms with E-state index in [2.05, 4.69) is 20.9 Å². The summed E-state index contributed by atoms with van der Waals surface area (Å²) in [6.45, 7) is 0.860. The first-order chi connectivity index (χ1) is 8.59. The van der Waals surface area contributed by atoms with Gasteiger partial charge in [-0.2, -0.15) is 0 Å². The fourth-order valence-electron chi connectivity index (χ4n) is 1.76. The number of ether oxygens (including phenoxy) is 1. The van der Waals surface area contributed by atoms with Gasteiger partial charge in [0.05, 0.1) is 13.2 Å². The zero-order chi connectivity index (χ0) is 13.1. The summed E-state index contributed by atoms with van der Waals surface area (Å²) in [7, 11) is 0. The fraction of sp³-hybridized carbons (Fsp3) is 0.364. The molecule has 1 fully saturated rings. The first-order valence-corrected chi connectivity index (χ1v) is 6.19. The maximum absolute atomic E-state index is 12.2. The highest BCUT2D eigenvalue weighted by Gasteiger charge is 2.32. The third kappa shape index (κ3) is 2.68. The average Bonchev–Trinajstić information content (AvgIpc) is 2.38. The highest BCUT2D eigenvalue weighted by Crippen LogP contribution is 2.13. The lowest BCUT2D eigenvalue weighted by Crippen LogP contribution is -2.54. The summed E-state index contributed by atoms with van der Waals surface area (Å²) >= 11 is 3.20. The van der Waals surface area contributed by atoms with E-state index in [9.17, 15) is 9.59 Å². The highest BCUT2D eigenvalue weighted by molar-refractivity contribution is 9.10. The number of carbonyl (C=O) groups excluding carboxylic acids is 2. The second-order valence-corrected chi connectivity index (χ2v) is 4.65. The number of primary amides is 1. The minimum absolute atomic E-state index is 0.134. The molecule has 0 aromatic carbocycles. The first kappa shape index (κ1) is 13.0. The average molecular weight is 314 g/mol. The Labute approximate surface area is 112 Å². The highest BCUT2D eigenvalue weighted by atomic mass is 79.9. The van der Waals surface area contributed by atoms with E-state index in [0.29, 0.717) is 17.8 Å². The summed E-state index contributed by atoms with van der Waals surface area (Å²) in [5.41, 5.74) is 5.54. The molecule has 0 aliphatic carbocycles. The lowest BCUT2D eigenvalue weighted by molar-refractivity contribution is -0.127. The number of amides is 2. The molecule has 1 aliphatic heterocycles. The lowest BCUT2D eigenvalue weighted by Gasteiger charge is -2.33. The van der Waals surface area contributed by atoms with E-state index < -0.39 is 11.9 Å². The van der Waals surface area contributed by atoms with Crippen molar-refractivity contribution in [3.05, 3.63) is 28.5 Å². The number of morpholine rings is 1. The lowest BCUT2D eigenvalue weighted by atomic mass is 10.2. The summed E-state index contributed by atoms with van der Waals surface area (Å²) in [5.74, 6) is -0.888. The number of aromatic nitrogens is 1. The Morgan fingerprint density at radius 2 is 2.28 bits per heavy atom. The Morgan fingerprint density at radius 1 is 1.50 bits per heavy atom. The Kier molecular flexibility index (Phi) is 3.93. The molecular weight excluding hydrogens is 302 g/mol. The van der Waals surface area contributed by atoms with Crippen molar-refractivity contribution in [2.24, 2.45) is 5.73 Å². The number of carbonyl (C=O) groups is 2. The van der Waals surface area contributed by atoms with Crippen molar-refractivity contribution < 1.29 is 14.3 Å². The van der Waals surface area contributed by atoms with Crippen LogP contribution in [0.5, 0.6) is 0 Å². The van der Waals surface area contributed by atoms with Crippen molar-refractivity contribution in [1.82, 2.24) is 9.88 Å². The molecule has 1 aliphatic rings. The number of hydrogen-bond acceptors (Lipinski definition) is 4. The van der Waals surface area contributed by atoms with Gasteiger partial charge in [0.1, 0.15) is 16.3 Å². The quantitative estimate of drug-likeness (QED) is 0.789. The van der Waals surface area contributed by atoms with E-state index >= 15 is 0 Å². The van der Waals surface area contributed by atoms with Crippen LogP contribution in [0.1, 0.15) is 10.5 Å². The van der Waals surface area contributed by atoms with Crippen LogP contribution in [0.15, 0.2) is 22.8 Å². The third-order valence-electron chi connectivity index (χ3n) is 2.65. The zero-order valence-corrected chi connectivity index (χ0v) is 11.1. The standard InChI is InChI=1S/C11H12BrN3O3/c12-9-3-1-2-7(14-9)11(17)15-4-5-18-6-8(15)10(13)16/h1-3,8H,4-6H2,(H2,13,16). The van der Waals surface area contributed by atoms with E-state index in [4.69, 9.17) is 10.5 Å². The van der Waals surface area contributed by atoms with Gasteiger partial charge in [-0.15, -0.1) is 0 Å². The zero-order valence-electron chi connectivity index (χ0n) is 9.51. The molecule has 6 nitrogen and oxygen atoms in total. The number of nitrogens with zero attached hydrogens (tertiary/aromatic N) is 2. The van der Waals surface area contributed by atoms with Crippen molar-refractivity contribution in [3.8, 4) is 0 Å². The van der Waals surface area contributed by atoms with Gasteiger partial charge in [-0.3, -0.25) is 9.59 Å². The van der Waals surface area contributed by atoms with Crippen molar-refractivity contribution in [3.63, 3.8) is 0 Å². The molecule has 0 spiro atoms. The topological polar surface area (TPSA) is 85.5 Å². The summed E-state index contributed by atoms with van der Waals surface area (Å²) in [5, 5.41) is 0. The van der Waals surface area contributed by atoms with Crippen LogP contribution in [0.25, 0.3) is 0 Å². The Morgan fingerprint density at radius 3 is 2.94 bits per heavy atom. The molecule has 1 saturated heterocycles. The smallest absolute Gasteiger partial charge is 0.273 e. The van der Waals surface area contributed by atoms with Gasteiger partial charge < -0.3 is 15.4 Å². The molecule has 2 heterocycles. The molecule has 18 heavy (non-hydrogen) atoms. The fourth-order valence-corrected chi connectivity index (χ4v) is 2.10. The number of pyridine rings is 1. The molecule has 0 bridgehead atoms. The summed E-state index contributed by atoms with van der Waals surface area (Å²) in [6.07, 6.45) is 0. The van der Waals surface area contributed by atoms with Crippen LogP contribution >= 0.6 is 15.9 Å². The molecule has 2 amide bonds. The number of nitrogens with two attached hydrogens (primary N) is 1. The predicted molar refractivity (Wildman–Crippen MR) is 66.8 cm³/mol. The van der Waals surface area contributed by atoms with Gasteiger partial charge in [0.25, 0.3) is 5.91 Å². The summed E-state index contributed by atoms with van der Waals surface area (Å²) in [4.78, 5) is 29.0. The predicted octanol–water partition coefficient (Wildman–Crippen LogP) is 0.170. The molecule has 1 unspecified atom stereocenters. The minimum atomic E-state index is -0.730. The minimum Gasteiger partial charge on any atom is -0.377 e. The van der Waals surface area contributed by atoms with Gasteiger partial charge in [0.15, 0.2) is 0 Å². The van der Waals surface area contributed by atoms with Gasteiger partial charge in [-0.25, -0.2) is 4.98 Å². The van der Waals surface area contributed by atoms with Crippen LogP contribution in [-0.4, -0.2) is 47.5 Å². The second kappa shape index (κ2) is 5.45. The number of rotatable bonds is 2. The summed E-state index contributed by atoms with van der Waals surface area (Å²) in [6, 6.07) is 4.30. The molecule has 2 N–H and O–H groups in total. The number of halogens is 1. The molecular formula is C11H12BrN3O3. The molecule has 96 valence electrons. The van der Waals surface area contributed by atoms with E-state index in [1.165, 1.54) is 4.90 Å². The molecule has 1 aromatic rings. The Hall–Kier alpha value is -1.47. The molecule has 1 atom stereocenters. The maximum Gasteiger partial charge on any atom is 0.273 e. The van der Waals surface area contributed by atoms with Crippen LogP contribution in [-0.2, 0) is 9.53 Å². The van der Waals surface area contributed by atoms with E-state index in [1.54, 1.807) is 18.2 Å². The monoisotopic (exact) mass is 313 g/mol. The van der Waals surface area contributed by atoms with Crippen molar-refractivity contribution in [2.45, 2.75) is 6.04 Å². The van der Waals surface area contributed by atoms with Crippen LogP contribution in [0.3, 0.4) is 0 Å². The molecule has 2 rings (SSSR count). The van der Waals surface area contributed by atoms with E-state index in [-0.39, 0.29) is 18.2 Å². The van der Waals surface area contributed by atoms with Gasteiger partial charge in [-0.05, 0) is 28.1 Å². The van der Waals surface area contributed by atoms with Gasteiger partial charge >= 0.3 is 0 Å². The third-order valence-corrected chi connectivity index (χ3v) is 3.09. The van der Waals surface area contributed by atoms with E-state index in [0.717, 1.165) is 0 Å². The largest absolute Gasteiger partial charge is 0.377 e. The SMILES string of the molecule is NC(=O)C1COCCN1C(=O)c1cccc(Br)n1. The molecule has 7 heteroatoms. The maximum atomic E-state index is 12.2. The van der Waals surface area contributed by atoms with E-state index in [1.807, 2.05) is 0 Å². The van der Waals surface area contributed by atoms with Gasteiger partial charge in [0.2, 0.25) is 5.91 Å². The molecule has 1 aromatic heterocycles. The summed E-state index contributed by atoms with van der Waals surface area (Å²) < 4.78 is 5.73. The van der Waals surface area contributed by atoms with Crippen molar-refractivity contribution in [2.75, 3.05) is 19.8 Å². The van der Waals surface area contributed by atoms with Gasteiger partial charge in [0, 0.05) is 6.54 Å². The molecule has 0 saturated carbocycles. The van der Waals surface area contributed by atoms with Crippen molar-refractivity contribution >= 4 is 27.7 Å². The first-order valence-electron chi connectivity index (χ1n) is 5.40. The van der Waals surface area contributed by atoms with Crippen molar-refractivity contribution in [1.29, 1.82) is 0 Å². The Balaban J connectivity index is 2.23.